The van der Waals surface area contributed by atoms with Crippen molar-refractivity contribution >= 4 is 108 Å². The van der Waals surface area contributed by atoms with Crippen LogP contribution in [0.1, 0.15) is 77.5 Å². The van der Waals surface area contributed by atoms with Crippen LogP contribution in [-0.4, -0.2) is 85.0 Å². The Bertz CT molecular complexity index is 5330. The van der Waals surface area contributed by atoms with Crippen LogP contribution >= 0.6 is 12.4 Å². The minimum absolute atomic E-state index is 0. The number of benzene rings is 6. The van der Waals surface area contributed by atoms with E-state index in [1.54, 1.807) is 63.0 Å². The van der Waals surface area contributed by atoms with Crippen LogP contribution in [0.4, 0.5) is 17.5 Å². The number of carbonyl (C=O) groups excluding carboxylic acids is 1. The monoisotopic (exact) mass is 1290 g/mol. The summed E-state index contributed by atoms with van der Waals surface area (Å²) in [5.74, 6) is 5.30. The van der Waals surface area contributed by atoms with Gasteiger partial charge in [-0.15, -0.1) is 12.4 Å². The number of nitrogens with one attached hydrogen (secondary N) is 6. The maximum absolute atomic E-state index is 13.7. The molecule has 25 nitrogen and oxygen atoms in total. The maximum atomic E-state index is 13.7. The number of hydrogen-bond acceptors (Lipinski definition) is 19. The number of rotatable bonds is 14. The zero-order valence-electron chi connectivity index (χ0n) is 51.5. The van der Waals surface area contributed by atoms with Crippen LogP contribution in [0.3, 0.4) is 0 Å². The highest BCUT2D eigenvalue weighted by Gasteiger charge is 2.23. The second kappa shape index (κ2) is 28.7. The van der Waals surface area contributed by atoms with Gasteiger partial charge in [-0.25, -0.2) is 50.8 Å². The summed E-state index contributed by atoms with van der Waals surface area (Å²) in [4.78, 5) is 99.6. The molecule has 96 heavy (non-hydrogen) atoms. The van der Waals surface area contributed by atoms with Crippen LogP contribution in [0, 0.1) is 11.3 Å². The van der Waals surface area contributed by atoms with Crippen molar-refractivity contribution in [3.63, 3.8) is 0 Å². The van der Waals surface area contributed by atoms with Gasteiger partial charge in [0.15, 0.2) is 40.7 Å². The first-order valence-electron chi connectivity index (χ1n) is 29.7. The molecular formula is C70H59ClN20O5. The summed E-state index contributed by atoms with van der Waals surface area (Å²) in [6.07, 6.45) is 11.5. The lowest BCUT2D eigenvalue weighted by Crippen LogP contribution is -2.26. The first-order chi connectivity index (χ1) is 46.5. The number of nitrogens with two attached hydrogens (primary N) is 1. The van der Waals surface area contributed by atoms with Gasteiger partial charge in [-0.1, -0.05) is 116 Å². The Labute approximate surface area is 551 Å². The number of fused-ring (bicyclic) bond motifs is 6. The van der Waals surface area contributed by atoms with Gasteiger partial charge in [0.2, 0.25) is 0 Å². The van der Waals surface area contributed by atoms with Gasteiger partial charge in [-0.2, -0.15) is 5.26 Å². The van der Waals surface area contributed by atoms with Crippen molar-refractivity contribution in [3.8, 4) is 23.1 Å². The fourth-order valence-corrected chi connectivity index (χ4v) is 11.5. The summed E-state index contributed by atoms with van der Waals surface area (Å²) in [6, 6.07) is 52.0. The molecule has 9 aromatic heterocycles. The minimum atomic E-state index is -0.293. The number of halogens is 1. The van der Waals surface area contributed by atoms with Crippen molar-refractivity contribution < 1.29 is 10.0 Å². The van der Waals surface area contributed by atoms with Crippen LogP contribution in [0.15, 0.2) is 223 Å². The van der Waals surface area contributed by atoms with Gasteiger partial charge in [-0.05, 0) is 103 Å². The molecule has 26 heteroatoms. The maximum Gasteiger partial charge on any atom is 0.264 e. The molecule has 476 valence electrons. The summed E-state index contributed by atoms with van der Waals surface area (Å²) < 4.78 is 5.03. The number of para-hydroxylation sites is 3. The predicted molar refractivity (Wildman–Crippen MR) is 373 cm³/mol. The molecule has 0 saturated heterocycles. The molecule has 15 aromatic rings. The zero-order valence-corrected chi connectivity index (χ0v) is 52.3. The Hall–Kier alpha value is -12.9. The Kier molecular flexibility index (Phi) is 19.3. The number of hydrogen-bond donors (Lipinski definition) is 8. The first-order valence-corrected chi connectivity index (χ1v) is 29.7. The number of aromatic amines is 3. The van der Waals surface area contributed by atoms with Crippen LogP contribution in [-0.2, 0) is 0 Å². The molecule has 9 N–H and O–H groups in total. The third kappa shape index (κ3) is 12.6. The topological polar surface area (TPSA) is 353 Å². The number of imidazole rings is 3. The molecule has 0 aliphatic heterocycles. The summed E-state index contributed by atoms with van der Waals surface area (Å²) in [5.41, 5.74) is 9.29. The van der Waals surface area contributed by atoms with Gasteiger partial charge in [-0.3, -0.25) is 32.9 Å². The van der Waals surface area contributed by atoms with E-state index >= 15 is 0 Å². The van der Waals surface area contributed by atoms with Crippen LogP contribution in [0.2, 0.25) is 0 Å². The van der Waals surface area contributed by atoms with Gasteiger partial charge in [0, 0.05) is 39.7 Å². The Balaban J connectivity index is 0.000000144. The van der Waals surface area contributed by atoms with Crippen LogP contribution in [0.25, 0.3) is 88.9 Å². The van der Waals surface area contributed by atoms with Crippen LogP contribution < -0.4 is 38.5 Å². The van der Waals surface area contributed by atoms with Gasteiger partial charge in [0.1, 0.15) is 35.5 Å². The fourth-order valence-electron chi connectivity index (χ4n) is 11.5. The number of aldehydes is 1. The molecule has 9 heterocycles. The number of nitriles is 1. The first kappa shape index (κ1) is 64.6. The third-order valence-corrected chi connectivity index (χ3v) is 15.9. The third-order valence-electron chi connectivity index (χ3n) is 15.9. The average Bonchev–Trinajstić information content (AvgIpc) is 1.00. The smallest absolute Gasteiger partial charge is 0.264 e. The van der Waals surface area contributed by atoms with Crippen molar-refractivity contribution in [2.24, 2.45) is 5.90 Å². The van der Waals surface area contributed by atoms with Gasteiger partial charge in [0.05, 0.1) is 64.9 Å². The lowest BCUT2D eigenvalue weighted by Gasteiger charge is -2.22. The molecule has 0 aliphatic carbocycles. The number of carbonyl (C=O) groups is 1. The quantitative estimate of drug-likeness (QED) is 0.0370. The molecule has 0 saturated carbocycles. The van der Waals surface area contributed by atoms with E-state index in [-0.39, 0.29) is 47.2 Å². The normalized spacial score (nSPS) is 11.8. The fraction of sp³-hybridized carbons (Fsp3) is 0.0857. The highest BCUT2D eigenvalue weighted by Crippen LogP contribution is 2.31. The number of H-pyrrole nitrogens is 3. The van der Waals surface area contributed by atoms with Crippen molar-refractivity contribution in [1.82, 2.24) is 73.5 Å². The highest BCUT2D eigenvalue weighted by molar-refractivity contribution is 5.98. The van der Waals surface area contributed by atoms with E-state index in [2.05, 4.69) is 94.3 Å². The number of pyridine rings is 3. The van der Waals surface area contributed by atoms with Crippen molar-refractivity contribution in [3.05, 3.63) is 273 Å². The largest absolute Gasteiger partial charge is 0.360 e. The lowest BCUT2D eigenvalue weighted by atomic mass is 10.0. The molecule has 0 spiro atoms. The van der Waals surface area contributed by atoms with E-state index in [0.717, 1.165) is 51.2 Å². The van der Waals surface area contributed by atoms with Crippen molar-refractivity contribution in [1.29, 1.82) is 5.26 Å². The second-order valence-electron chi connectivity index (χ2n) is 21.5. The van der Waals surface area contributed by atoms with E-state index in [1.807, 2.05) is 160 Å². The minimum Gasteiger partial charge on any atom is -0.360 e. The second-order valence-corrected chi connectivity index (χ2v) is 21.5. The lowest BCUT2D eigenvalue weighted by molar-refractivity contribution is 0.112. The summed E-state index contributed by atoms with van der Waals surface area (Å²) in [5, 5.41) is 29.9. The van der Waals surface area contributed by atoms with Gasteiger partial charge >= 0.3 is 0 Å². The summed E-state index contributed by atoms with van der Waals surface area (Å²) >= 11 is 0. The summed E-state index contributed by atoms with van der Waals surface area (Å²) in [7, 11) is 0. The van der Waals surface area contributed by atoms with E-state index in [1.165, 1.54) is 19.0 Å². The molecule has 15 rings (SSSR count). The molecule has 0 radical (unpaired) electrons. The summed E-state index contributed by atoms with van der Waals surface area (Å²) in [6.45, 7) is 9.79. The van der Waals surface area contributed by atoms with Crippen molar-refractivity contribution in [2.45, 2.75) is 38.9 Å². The van der Waals surface area contributed by atoms with Gasteiger partial charge < -0.3 is 36.1 Å². The molecule has 0 amide bonds. The number of anilines is 3. The Morgan fingerprint density at radius 3 is 1.16 bits per heavy atom. The SMILES string of the molecule is C=Cc1cccc2cc([C@H](C)Nc3ncnc4nc[nH]c34)n(-c3ccccc3)c(=O)c12.C[C@H](Nc1ncnc2nc[nH]c12)c1cc2cccc(C#N)c2c(=O)n1-c1ccccc1.C[C@H](Nc1ncnc2nc[nH]c12)c1cc2cccc(C=O)c2c(=O)n1-c1ccccc1.Cl.NO. The number of aromatic nitrogens is 15. The molecule has 3 atom stereocenters. The molecule has 0 unspecified atom stereocenters. The van der Waals surface area contributed by atoms with E-state index in [0.29, 0.717) is 89.2 Å². The Morgan fingerprint density at radius 2 is 0.802 bits per heavy atom. The molecule has 6 aromatic carbocycles. The van der Waals surface area contributed by atoms with Gasteiger partial charge in [0.25, 0.3) is 16.7 Å². The van der Waals surface area contributed by atoms with E-state index in [4.69, 9.17) is 5.21 Å². The van der Waals surface area contributed by atoms with Crippen molar-refractivity contribution in [2.75, 3.05) is 16.0 Å². The van der Waals surface area contributed by atoms with Crippen LogP contribution in [0.5, 0.6) is 0 Å². The molecule has 0 fully saturated rings. The molecule has 0 bridgehead atoms. The molecular weight excluding hydrogens is 1240 g/mol. The Morgan fingerprint density at radius 1 is 0.469 bits per heavy atom. The standard InChI is InChI=1S/C24H20N6O.C23H17N7O.C23H18N6O2.ClH.H3NO/c1-3-16-8-7-9-17-12-19(30(24(31)20(16)17)18-10-5-4-6-11-18)15(2)29-23-21-22(26-13-25-21)27-14-28-23;1-14(29-22-20-21(26-12-25-20)27-13-28-22)18-10-15-6-5-7-16(11-24)19(15)23(31)30(18)17-8-3-2-4-9-17;1-14(28-22-20-21(25-12-24-20)26-13-27-22)18-10-15-6-5-7-16(11-30)19(15)23(31)29(18)17-8-3-2-4-9-17;;1-2/h3-15H,1H2,2H3,(H2,25,26,27,28,29);2-10,12-14H,1H3,(H2,25,26,27,28,29);2-14H,1H3,(H2,24,25,26,27,28);1H;2H,1H2/t15-;2*14-;;/m000../s1. The highest BCUT2D eigenvalue weighted by atomic mass is 35.5. The van der Waals surface area contributed by atoms with E-state index in [9.17, 15) is 24.4 Å². The average molecular weight is 1300 g/mol. The van der Waals surface area contributed by atoms with E-state index < -0.39 is 0 Å². The zero-order chi connectivity index (χ0) is 66.1. The number of nitrogens with zero attached hydrogens (tertiary/aromatic N) is 13. The molecule has 0 aliphatic rings. The predicted octanol–water partition coefficient (Wildman–Crippen LogP) is 11.6.